The van der Waals surface area contributed by atoms with Gasteiger partial charge in [0.05, 0.1) is 16.8 Å². The van der Waals surface area contributed by atoms with E-state index in [1.165, 1.54) is 0 Å². The number of amides is 1. The molecular formula is C18H28Cl2N4OS. The Bertz CT molecular complexity index is 714. The van der Waals surface area contributed by atoms with Gasteiger partial charge in [-0.2, -0.15) is 11.8 Å². The maximum Gasteiger partial charge on any atom is 0.242 e. The molecule has 0 radical (unpaired) electrons. The summed E-state index contributed by atoms with van der Waals surface area (Å²) in [5, 5.41) is 0. The zero-order valence-electron chi connectivity index (χ0n) is 15.3. The molecule has 1 aliphatic rings. The molecule has 3 rings (SSSR count). The normalized spacial score (nSPS) is 16.0. The van der Waals surface area contributed by atoms with Crippen LogP contribution in [0.15, 0.2) is 24.3 Å². The molecule has 2 heterocycles. The largest absolute Gasteiger partial charge is 0.341 e. The summed E-state index contributed by atoms with van der Waals surface area (Å²) in [6.45, 7) is 4.07. The number of thioether (sulfide) groups is 1. The molecule has 26 heavy (non-hydrogen) atoms. The number of rotatable bonds is 5. The standard InChI is InChI=1S/C18H26N4OS.2ClH/c1-13(19)14-7-9-21(10-8-14)18(23)11-22-16-6-4-3-5-15(16)20-17(22)12-24-2;;/h3-6,13-14H,7-12,19H2,1-2H3;2*1H. The van der Waals surface area contributed by atoms with E-state index in [0.717, 1.165) is 48.5 Å². The lowest BCUT2D eigenvalue weighted by molar-refractivity contribution is -0.133. The molecule has 146 valence electrons. The number of hydrogen-bond acceptors (Lipinski definition) is 4. The van der Waals surface area contributed by atoms with Gasteiger partial charge in [0.1, 0.15) is 12.4 Å². The van der Waals surface area contributed by atoms with Crippen molar-refractivity contribution < 1.29 is 4.79 Å². The fraction of sp³-hybridized carbons (Fsp3) is 0.556. The Hall–Kier alpha value is -0.950. The molecule has 1 aromatic carbocycles. The van der Waals surface area contributed by atoms with E-state index in [0.29, 0.717) is 12.5 Å². The van der Waals surface area contributed by atoms with Crippen molar-refractivity contribution >= 4 is 53.5 Å². The van der Waals surface area contributed by atoms with Crippen molar-refractivity contribution in [1.82, 2.24) is 14.5 Å². The number of nitrogens with two attached hydrogens (primary N) is 1. The summed E-state index contributed by atoms with van der Waals surface area (Å²) in [4.78, 5) is 19.5. The smallest absolute Gasteiger partial charge is 0.242 e. The first-order valence-corrected chi connectivity index (χ1v) is 9.96. The summed E-state index contributed by atoms with van der Waals surface area (Å²) in [6.07, 6.45) is 4.07. The second-order valence-electron chi connectivity index (χ2n) is 6.61. The Labute approximate surface area is 171 Å². The van der Waals surface area contributed by atoms with Crippen molar-refractivity contribution in [2.24, 2.45) is 11.7 Å². The number of halogens is 2. The average Bonchev–Trinajstić information content (AvgIpc) is 2.93. The van der Waals surface area contributed by atoms with E-state index in [-0.39, 0.29) is 36.8 Å². The highest BCUT2D eigenvalue weighted by atomic mass is 35.5. The van der Waals surface area contributed by atoms with Gasteiger partial charge in [0.25, 0.3) is 0 Å². The average molecular weight is 419 g/mol. The molecule has 1 amide bonds. The van der Waals surface area contributed by atoms with Gasteiger partial charge in [-0.05, 0) is 44.1 Å². The quantitative estimate of drug-likeness (QED) is 0.808. The Kier molecular flexibility index (Phi) is 9.24. The minimum absolute atomic E-state index is 0. The number of carbonyl (C=O) groups is 1. The van der Waals surface area contributed by atoms with Gasteiger partial charge in [0.2, 0.25) is 5.91 Å². The molecule has 2 N–H and O–H groups in total. The molecule has 1 atom stereocenters. The van der Waals surface area contributed by atoms with E-state index < -0.39 is 0 Å². The van der Waals surface area contributed by atoms with Crippen LogP contribution in [0.4, 0.5) is 0 Å². The van der Waals surface area contributed by atoms with Crippen LogP contribution in [-0.4, -0.2) is 45.7 Å². The van der Waals surface area contributed by atoms with Crippen molar-refractivity contribution in [3.8, 4) is 0 Å². The number of carbonyl (C=O) groups excluding carboxylic acids is 1. The van der Waals surface area contributed by atoms with Crippen LogP contribution in [0.25, 0.3) is 11.0 Å². The first kappa shape index (κ1) is 23.1. The number of fused-ring (bicyclic) bond motifs is 1. The van der Waals surface area contributed by atoms with Crippen LogP contribution in [0, 0.1) is 5.92 Å². The third kappa shape index (κ3) is 5.06. The highest BCUT2D eigenvalue weighted by Crippen LogP contribution is 2.22. The summed E-state index contributed by atoms with van der Waals surface area (Å²) < 4.78 is 2.08. The Morgan fingerprint density at radius 1 is 1.31 bits per heavy atom. The Morgan fingerprint density at radius 3 is 2.58 bits per heavy atom. The number of nitrogens with zero attached hydrogens (tertiary/aromatic N) is 3. The van der Waals surface area contributed by atoms with E-state index in [4.69, 9.17) is 10.7 Å². The lowest BCUT2D eigenvalue weighted by Gasteiger charge is -2.34. The van der Waals surface area contributed by atoms with E-state index in [1.54, 1.807) is 11.8 Å². The first-order chi connectivity index (χ1) is 11.6. The second kappa shape index (κ2) is 10.4. The molecule has 1 aliphatic heterocycles. The molecule has 1 aromatic heterocycles. The van der Waals surface area contributed by atoms with Crippen molar-refractivity contribution in [2.75, 3.05) is 19.3 Å². The first-order valence-electron chi connectivity index (χ1n) is 8.56. The monoisotopic (exact) mass is 418 g/mol. The van der Waals surface area contributed by atoms with Gasteiger partial charge < -0.3 is 15.2 Å². The molecule has 1 saturated heterocycles. The van der Waals surface area contributed by atoms with Crippen LogP contribution in [0.2, 0.25) is 0 Å². The molecule has 0 saturated carbocycles. The number of imidazole rings is 1. The third-order valence-corrected chi connectivity index (χ3v) is 5.48. The summed E-state index contributed by atoms with van der Waals surface area (Å²) >= 11 is 1.73. The fourth-order valence-electron chi connectivity index (χ4n) is 3.45. The third-order valence-electron chi connectivity index (χ3n) is 4.94. The number of benzene rings is 1. The van der Waals surface area contributed by atoms with Crippen molar-refractivity contribution in [1.29, 1.82) is 0 Å². The summed E-state index contributed by atoms with van der Waals surface area (Å²) in [7, 11) is 0. The molecule has 8 heteroatoms. The molecule has 1 unspecified atom stereocenters. The highest BCUT2D eigenvalue weighted by molar-refractivity contribution is 7.97. The lowest BCUT2D eigenvalue weighted by atomic mass is 9.91. The van der Waals surface area contributed by atoms with Gasteiger partial charge in [0.15, 0.2) is 0 Å². The van der Waals surface area contributed by atoms with Crippen LogP contribution in [-0.2, 0) is 17.1 Å². The van der Waals surface area contributed by atoms with Crippen LogP contribution >= 0.6 is 36.6 Å². The number of para-hydroxylation sites is 2. The minimum atomic E-state index is 0. The molecule has 0 spiro atoms. The van der Waals surface area contributed by atoms with E-state index in [2.05, 4.69) is 17.7 Å². The maximum absolute atomic E-state index is 12.8. The predicted octanol–water partition coefficient (Wildman–Crippen LogP) is 3.33. The molecule has 1 fully saturated rings. The van der Waals surface area contributed by atoms with E-state index in [9.17, 15) is 4.79 Å². The number of hydrogen-bond donors (Lipinski definition) is 1. The SMILES string of the molecule is CSCc1nc2ccccc2n1CC(=O)N1CCC(C(C)N)CC1.Cl.Cl. The molecule has 5 nitrogen and oxygen atoms in total. The van der Waals surface area contributed by atoms with Gasteiger partial charge in [-0.3, -0.25) is 4.79 Å². The molecule has 0 bridgehead atoms. The van der Waals surface area contributed by atoms with E-state index >= 15 is 0 Å². The van der Waals surface area contributed by atoms with E-state index in [1.807, 2.05) is 29.2 Å². The Morgan fingerprint density at radius 2 is 1.96 bits per heavy atom. The van der Waals surface area contributed by atoms with Gasteiger partial charge in [-0.1, -0.05) is 12.1 Å². The van der Waals surface area contributed by atoms with Crippen LogP contribution in [0.3, 0.4) is 0 Å². The fourth-order valence-corrected chi connectivity index (χ4v) is 3.93. The minimum Gasteiger partial charge on any atom is -0.341 e. The number of likely N-dealkylation sites (tertiary alicyclic amines) is 1. The molecule has 0 aliphatic carbocycles. The number of aromatic nitrogens is 2. The van der Waals surface area contributed by atoms with Crippen molar-refractivity contribution in [2.45, 2.75) is 38.1 Å². The lowest BCUT2D eigenvalue weighted by Crippen LogP contribution is -2.43. The van der Waals surface area contributed by atoms with Crippen LogP contribution < -0.4 is 5.73 Å². The van der Waals surface area contributed by atoms with Crippen molar-refractivity contribution in [3.05, 3.63) is 30.1 Å². The van der Waals surface area contributed by atoms with Gasteiger partial charge in [-0.15, -0.1) is 24.8 Å². The summed E-state index contributed by atoms with van der Waals surface area (Å²) in [5.74, 6) is 2.51. The van der Waals surface area contributed by atoms with Gasteiger partial charge in [0, 0.05) is 19.1 Å². The molecular weight excluding hydrogens is 391 g/mol. The second-order valence-corrected chi connectivity index (χ2v) is 7.48. The summed E-state index contributed by atoms with van der Waals surface area (Å²) in [6, 6.07) is 8.26. The summed E-state index contributed by atoms with van der Waals surface area (Å²) in [5.41, 5.74) is 8.00. The number of piperidine rings is 1. The molecule has 2 aromatic rings. The maximum atomic E-state index is 12.8. The van der Waals surface area contributed by atoms with Crippen molar-refractivity contribution in [3.63, 3.8) is 0 Å². The van der Waals surface area contributed by atoms with Crippen LogP contribution in [0.5, 0.6) is 0 Å². The predicted molar refractivity (Wildman–Crippen MR) is 114 cm³/mol. The topological polar surface area (TPSA) is 64.2 Å². The van der Waals surface area contributed by atoms with Gasteiger partial charge >= 0.3 is 0 Å². The Balaban J connectivity index is 0.00000169. The zero-order valence-corrected chi connectivity index (χ0v) is 17.7. The highest BCUT2D eigenvalue weighted by Gasteiger charge is 2.25. The zero-order chi connectivity index (χ0) is 17.1. The van der Waals surface area contributed by atoms with Gasteiger partial charge in [-0.25, -0.2) is 4.98 Å². The van der Waals surface area contributed by atoms with Crippen LogP contribution in [0.1, 0.15) is 25.6 Å².